The molecule has 88 valence electrons. The molecule has 1 saturated heterocycles. The number of hydrogen-bond acceptors (Lipinski definition) is 2. The van der Waals surface area contributed by atoms with Crippen LogP contribution in [0.1, 0.15) is 24.2 Å². The molecule has 0 saturated carbocycles. The normalized spacial score (nSPS) is 21.2. The third-order valence-electron chi connectivity index (χ3n) is 3.86. The van der Waals surface area contributed by atoms with E-state index in [9.17, 15) is 0 Å². The molecule has 1 N–H and O–H groups in total. The van der Waals surface area contributed by atoms with Crippen LogP contribution in [-0.4, -0.2) is 35.6 Å². The maximum Gasteiger partial charge on any atom is 0.0360 e. The van der Waals surface area contributed by atoms with Gasteiger partial charge in [-0.2, -0.15) is 0 Å². The highest BCUT2D eigenvalue weighted by Gasteiger charge is 2.14. The summed E-state index contributed by atoms with van der Waals surface area (Å²) >= 11 is 0. The molecule has 0 spiro atoms. The lowest BCUT2D eigenvalue weighted by Gasteiger charge is -2.20. The van der Waals surface area contributed by atoms with E-state index in [1.54, 1.807) is 0 Å². The third kappa shape index (κ3) is 2.02. The van der Waals surface area contributed by atoms with Crippen molar-refractivity contribution in [1.29, 1.82) is 0 Å². The Morgan fingerprint density at radius 2 is 2.00 bits per heavy atom. The first kappa shape index (κ1) is 10.4. The lowest BCUT2D eigenvalue weighted by atomic mass is 10.3. The molecule has 3 rings (SSSR count). The van der Waals surface area contributed by atoms with Gasteiger partial charge in [0.2, 0.25) is 0 Å². The van der Waals surface area contributed by atoms with E-state index >= 15 is 0 Å². The van der Waals surface area contributed by atoms with Crippen molar-refractivity contribution in [2.24, 2.45) is 0 Å². The zero-order chi connectivity index (χ0) is 10.8. The zero-order valence-electron chi connectivity index (χ0n) is 9.91. The largest absolute Gasteiger partial charge is 0.346 e. The van der Waals surface area contributed by atoms with E-state index in [2.05, 4.69) is 26.9 Å². The maximum absolute atomic E-state index is 3.42. The van der Waals surface area contributed by atoms with Crippen molar-refractivity contribution >= 4 is 0 Å². The summed E-state index contributed by atoms with van der Waals surface area (Å²) in [6.07, 6.45) is 4.02. The number of nitrogens with zero attached hydrogens (tertiary/aromatic N) is 2. The van der Waals surface area contributed by atoms with Gasteiger partial charge in [0.05, 0.1) is 0 Å². The molecule has 1 aromatic heterocycles. The highest BCUT2D eigenvalue weighted by molar-refractivity contribution is 5.18. The van der Waals surface area contributed by atoms with Gasteiger partial charge in [-0.3, -0.25) is 0 Å². The van der Waals surface area contributed by atoms with Crippen LogP contribution in [0.2, 0.25) is 0 Å². The lowest BCUT2D eigenvalue weighted by molar-refractivity contribution is 0.339. The van der Waals surface area contributed by atoms with E-state index in [1.807, 2.05) is 0 Å². The Labute approximate surface area is 97.4 Å². The summed E-state index contributed by atoms with van der Waals surface area (Å²) in [6.45, 7) is 7.20. The van der Waals surface area contributed by atoms with Crippen LogP contribution in [0.4, 0.5) is 0 Å². The first-order chi connectivity index (χ1) is 7.93. The summed E-state index contributed by atoms with van der Waals surface area (Å²) in [5.41, 5.74) is 2.99. The molecule has 0 radical (unpaired) electrons. The Morgan fingerprint density at radius 3 is 2.88 bits per heavy atom. The summed E-state index contributed by atoms with van der Waals surface area (Å²) in [5, 5.41) is 3.42. The Balaban J connectivity index is 1.63. The fourth-order valence-electron chi connectivity index (χ4n) is 2.90. The number of hydrogen-bond donors (Lipinski definition) is 1. The Bertz CT molecular complexity index is 350. The molecular weight excluding hydrogens is 198 g/mol. The van der Waals surface area contributed by atoms with Crippen LogP contribution < -0.4 is 5.32 Å². The van der Waals surface area contributed by atoms with Gasteiger partial charge in [0.1, 0.15) is 0 Å². The molecule has 3 heteroatoms. The second kappa shape index (κ2) is 4.60. The molecule has 0 bridgehead atoms. The number of nitrogens with one attached hydrogen (secondary N) is 1. The van der Waals surface area contributed by atoms with Crippen LogP contribution >= 0.6 is 0 Å². The number of aromatic nitrogens is 1. The highest BCUT2D eigenvalue weighted by Crippen LogP contribution is 2.14. The Morgan fingerprint density at radius 1 is 1.12 bits per heavy atom. The molecule has 3 heterocycles. The van der Waals surface area contributed by atoms with Gasteiger partial charge in [0, 0.05) is 44.0 Å². The first-order valence-electron chi connectivity index (χ1n) is 6.54. The zero-order valence-corrected chi connectivity index (χ0v) is 9.91. The van der Waals surface area contributed by atoms with Crippen molar-refractivity contribution in [3.8, 4) is 0 Å². The Hall–Kier alpha value is -0.800. The second-order valence-electron chi connectivity index (χ2n) is 4.94. The van der Waals surface area contributed by atoms with E-state index in [0.29, 0.717) is 0 Å². The standard InChI is InChI=1S/C13H21N3/c1-2-8-15(7-1)9-5-12-3-4-13-11-14-6-10-16(12)13/h3-4,14H,1-2,5-11H2. The van der Waals surface area contributed by atoms with Crippen molar-refractivity contribution in [3.63, 3.8) is 0 Å². The van der Waals surface area contributed by atoms with Gasteiger partial charge in [-0.1, -0.05) is 0 Å². The van der Waals surface area contributed by atoms with Crippen LogP contribution in [0.3, 0.4) is 0 Å². The summed E-state index contributed by atoms with van der Waals surface area (Å²) in [6, 6.07) is 4.60. The molecule has 16 heavy (non-hydrogen) atoms. The van der Waals surface area contributed by atoms with Crippen LogP contribution in [-0.2, 0) is 19.5 Å². The minimum Gasteiger partial charge on any atom is -0.346 e. The monoisotopic (exact) mass is 219 g/mol. The van der Waals surface area contributed by atoms with Gasteiger partial charge in [-0.15, -0.1) is 0 Å². The molecule has 0 amide bonds. The van der Waals surface area contributed by atoms with Crippen LogP contribution in [0.25, 0.3) is 0 Å². The second-order valence-corrected chi connectivity index (χ2v) is 4.94. The van der Waals surface area contributed by atoms with Crippen LogP contribution in [0.5, 0.6) is 0 Å². The predicted octanol–water partition coefficient (Wildman–Crippen LogP) is 1.23. The average molecular weight is 219 g/mol. The van der Waals surface area contributed by atoms with Crippen LogP contribution in [0.15, 0.2) is 12.1 Å². The van der Waals surface area contributed by atoms with Gasteiger partial charge in [-0.25, -0.2) is 0 Å². The van der Waals surface area contributed by atoms with Crippen molar-refractivity contribution < 1.29 is 0 Å². The molecule has 1 fully saturated rings. The number of likely N-dealkylation sites (tertiary alicyclic amines) is 1. The fourth-order valence-corrected chi connectivity index (χ4v) is 2.90. The van der Waals surface area contributed by atoms with Crippen molar-refractivity contribution in [2.45, 2.75) is 32.4 Å². The minimum absolute atomic E-state index is 1.05. The summed E-state index contributed by atoms with van der Waals surface area (Å²) < 4.78 is 2.51. The minimum atomic E-state index is 1.05. The van der Waals surface area contributed by atoms with Gasteiger partial charge in [0.25, 0.3) is 0 Å². The summed E-state index contributed by atoms with van der Waals surface area (Å²) in [5.74, 6) is 0. The maximum atomic E-state index is 3.42. The van der Waals surface area contributed by atoms with Crippen molar-refractivity contribution in [3.05, 3.63) is 23.5 Å². The number of rotatable bonds is 3. The molecule has 3 nitrogen and oxygen atoms in total. The molecule has 0 aromatic carbocycles. The molecule has 0 unspecified atom stereocenters. The van der Waals surface area contributed by atoms with Crippen molar-refractivity contribution in [2.75, 3.05) is 26.2 Å². The molecule has 0 atom stereocenters. The van der Waals surface area contributed by atoms with Gasteiger partial charge >= 0.3 is 0 Å². The smallest absolute Gasteiger partial charge is 0.0360 e. The van der Waals surface area contributed by atoms with Crippen LogP contribution in [0, 0.1) is 0 Å². The van der Waals surface area contributed by atoms with Gasteiger partial charge < -0.3 is 14.8 Å². The summed E-state index contributed by atoms with van der Waals surface area (Å²) in [4.78, 5) is 2.60. The lowest BCUT2D eigenvalue weighted by Crippen LogP contribution is -2.29. The third-order valence-corrected chi connectivity index (χ3v) is 3.86. The predicted molar refractivity (Wildman–Crippen MR) is 65.5 cm³/mol. The van der Waals surface area contributed by atoms with Gasteiger partial charge in [0.15, 0.2) is 0 Å². The average Bonchev–Trinajstić information content (AvgIpc) is 2.96. The molecule has 0 aliphatic carbocycles. The quantitative estimate of drug-likeness (QED) is 0.825. The molecule has 2 aliphatic heterocycles. The first-order valence-corrected chi connectivity index (χ1v) is 6.54. The topological polar surface area (TPSA) is 20.2 Å². The van der Waals surface area contributed by atoms with Gasteiger partial charge in [-0.05, 0) is 38.1 Å². The molecule has 2 aliphatic rings. The van der Waals surface area contributed by atoms with E-state index in [4.69, 9.17) is 0 Å². The molecule has 1 aromatic rings. The van der Waals surface area contributed by atoms with E-state index in [1.165, 1.54) is 50.3 Å². The SMILES string of the molecule is c1cc2n(c1CCN1CCCC1)CCNC2. The van der Waals surface area contributed by atoms with E-state index < -0.39 is 0 Å². The Kier molecular flexibility index (Phi) is 2.98. The summed E-state index contributed by atoms with van der Waals surface area (Å²) in [7, 11) is 0. The van der Waals surface area contributed by atoms with E-state index in [-0.39, 0.29) is 0 Å². The highest BCUT2D eigenvalue weighted by atomic mass is 15.1. The van der Waals surface area contributed by atoms with E-state index in [0.717, 1.165) is 19.6 Å². The van der Waals surface area contributed by atoms with Crippen molar-refractivity contribution in [1.82, 2.24) is 14.8 Å². The fraction of sp³-hybridized carbons (Fsp3) is 0.692. The number of fused-ring (bicyclic) bond motifs is 1. The molecular formula is C13H21N3.